The summed E-state index contributed by atoms with van der Waals surface area (Å²) < 4.78 is 63.2. The van der Waals surface area contributed by atoms with E-state index in [4.69, 9.17) is 4.74 Å². The molecule has 148 valence electrons. The molecule has 0 aromatic heterocycles. The minimum Gasteiger partial charge on any atom is -0.494 e. The summed E-state index contributed by atoms with van der Waals surface area (Å²) in [6.07, 6.45) is 1.61. The summed E-state index contributed by atoms with van der Waals surface area (Å²) in [5.74, 6) is -2.82. The van der Waals surface area contributed by atoms with Gasteiger partial charge in [0, 0.05) is 29.7 Å². The molecule has 0 unspecified atom stereocenters. The molecule has 0 spiro atoms. The topological polar surface area (TPSA) is 35.5 Å². The average molecular weight is 394 g/mol. The van der Waals surface area contributed by atoms with Crippen LogP contribution in [0.15, 0.2) is 18.7 Å². The van der Waals surface area contributed by atoms with E-state index >= 15 is 0 Å². The number of Topliss-reactive ketones (excluding diaryl/α,β-unsaturated/α-hetero) is 1. The highest BCUT2D eigenvalue weighted by atomic mass is 19.1. The lowest BCUT2D eigenvalue weighted by molar-refractivity contribution is 0.0990. The van der Waals surface area contributed by atoms with Crippen molar-refractivity contribution < 1.29 is 31.8 Å². The monoisotopic (exact) mass is 394 g/mol. The van der Waals surface area contributed by atoms with Gasteiger partial charge >= 0.3 is 0 Å². The van der Waals surface area contributed by atoms with Crippen molar-refractivity contribution in [3.63, 3.8) is 0 Å². The minimum absolute atomic E-state index is 0.0516. The summed E-state index contributed by atoms with van der Waals surface area (Å²) >= 11 is 0. The van der Waals surface area contributed by atoms with E-state index in [2.05, 4.69) is 11.3 Å². The van der Waals surface area contributed by atoms with Crippen molar-refractivity contribution in [3.8, 4) is 11.5 Å². The van der Waals surface area contributed by atoms with Crippen LogP contribution >= 0.6 is 0 Å². The van der Waals surface area contributed by atoms with Crippen molar-refractivity contribution >= 4 is 11.4 Å². The van der Waals surface area contributed by atoms with Gasteiger partial charge in [0.2, 0.25) is 0 Å². The fourth-order valence-corrected chi connectivity index (χ4v) is 3.49. The van der Waals surface area contributed by atoms with Crippen LogP contribution in [-0.2, 0) is 12.8 Å². The zero-order valence-corrected chi connectivity index (χ0v) is 15.4. The van der Waals surface area contributed by atoms with Crippen LogP contribution in [0.1, 0.15) is 39.9 Å². The third kappa shape index (κ3) is 3.25. The minimum atomic E-state index is -0.744. The predicted octanol–water partition coefficient (Wildman–Crippen LogP) is 5.04. The van der Waals surface area contributed by atoms with E-state index in [0.29, 0.717) is 29.5 Å². The van der Waals surface area contributed by atoms with Gasteiger partial charge in [-0.2, -0.15) is 0 Å². The van der Waals surface area contributed by atoms with Gasteiger partial charge in [-0.25, -0.2) is 17.6 Å². The third-order valence-electron chi connectivity index (χ3n) is 4.92. The number of benzene rings is 2. The molecule has 0 radical (unpaired) electrons. The smallest absolute Gasteiger partial charge is 0.176 e. The predicted molar refractivity (Wildman–Crippen MR) is 95.8 cm³/mol. The molecule has 0 fully saturated rings. The van der Waals surface area contributed by atoms with Crippen molar-refractivity contribution in [2.24, 2.45) is 0 Å². The molecule has 7 heteroatoms. The maximum absolute atomic E-state index is 13.7. The molecule has 0 bridgehead atoms. The second-order valence-electron chi connectivity index (χ2n) is 6.48. The van der Waals surface area contributed by atoms with E-state index in [0.717, 1.165) is 12.1 Å². The van der Waals surface area contributed by atoms with Gasteiger partial charge in [-0.15, -0.1) is 0 Å². The van der Waals surface area contributed by atoms with Gasteiger partial charge < -0.3 is 9.47 Å². The summed E-state index contributed by atoms with van der Waals surface area (Å²) in [5.41, 5.74) is 1.42. The Labute approximate surface area is 159 Å². The highest BCUT2D eigenvalue weighted by Gasteiger charge is 2.29. The van der Waals surface area contributed by atoms with E-state index in [1.165, 1.54) is 14.2 Å². The molecule has 0 atom stereocenters. The Kier molecular flexibility index (Phi) is 5.45. The molecule has 2 aromatic carbocycles. The standard InChI is InChI=1S/C11H10F2O.C10H8F2O2/c1-6-3-4-7-8(12)5-9(14-2)11(13)10(6)7;1-14-8-4-6(11)5-2-3-7(13)9(5)10(8)12/h5H,1,3-4H2,2H3;4H,2-3H2,1H3. The second-order valence-corrected chi connectivity index (χ2v) is 6.48. The van der Waals surface area contributed by atoms with Crippen molar-refractivity contribution in [3.05, 3.63) is 64.2 Å². The van der Waals surface area contributed by atoms with Gasteiger partial charge in [0.15, 0.2) is 28.9 Å². The number of ketones is 1. The van der Waals surface area contributed by atoms with Crippen LogP contribution in [0.25, 0.3) is 5.57 Å². The lowest BCUT2D eigenvalue weighted by Gasteiger charge is -2.08. The molecule has 3 nitrogen and oxygen atoms in total. The molecule has 0 aliphatic heterocycles. The number of rotatable bonds is 2. The fraction of sp³-hybridized carbons (Fsp3) is 0.286. The maximum atomic E-state index is 13.7. The fourth-order valence-electron chi connectivity index (χ4n) is 3.49. The number of carbonyl (C=O) groups excluding carboxylic acids is 1. The van der Waals surface area contributed by atoms with E-state index in [9.17, 15) is 22.4 Å². The summed E-state index contributed by atoms with van der Waals surface area (Å²) in [5, 5.41) is 0. The SMILES string of the molecule is C=C1CCc2c(F)cc(OC)c(F)c21.COc1cc(F)c2c(c1F)C(=O)CC2. The Morgan fingerprint density at radius 3 is 1.79 bits per heavy atom. The lowest BCUT2D eigenvalue weighted by Crippen LogP contribution is -2.01. The molecule has 2 aliphatic carbocycles. The Balaban J connectivity index is 0.000000161. The van der Waals surface area contributed by atoms with E-state index in [-0.39, 0.29) is 41.3 Å². The quantitative estimate of drug-likeness (QED) is 0.670. The van der Waals surface area contributed by atoms with Gasteiger partial charge in [-0.3, -0.25) is 4.79 Å². The summed E-state index contributed by atoms with van der Waals surface area (Å²) in [6, 6.07) is 2.07. The lowest BCUT2D eigenvalue weighted by atomic mass is 10.1. The highest BCUT2D eigenvalue weighted by molar-refractivity contribution is 6.01. The number of carbonyl (C=O) groups is 1. The Hall–Kier alpha value is -2.83. The zero-order valence-electron chi connectivity index (χ0n) is 15.4. The van der Waals surface area contributed by atoms with Gasteiger partial charge in [-0.05, 0) is 30.4 Å². The van der Waals surface area contributed by atoms with Crippen molar-refractivity contribution in [1.82, 2.24) is 0 Å². The molecular formula is C21H18F4O3. The van der Waals surface area contributed by atoms with Crippen LogP contribution in [0.2, 0.25) is 0 Å². The van der Waals surface area contributed by atoms with Gasteiger partial charge in [0.25, 0.3) is 0 Å². The molecule has 4 rings (SSSR count). The highest BCUT2D eigenvalue weighted by Crippen LogP contribution is 2.38. The number of methoxy groups -OCH3 is 2. The van der Waals surface area contributed by atoms with Crippen LogP contribution in [0, 0.1) is 23.3 Å². The molecule has 0 saturated heterocycles. The first kappa shape index (κ1) is 19.9. The number of ether oxygens (including phenoxy) is 2. The van der Waals surface area contributed by atoms with E-state index in [1.54, 1.807) is 0 Å². The molecule has 0 amide bonds. The largest absolute Gasteiger partial charge is 0.494 e. The third-order valence-corrected chi connectivity index (χ3v) is 4.92. The second kappa shape index (κ2) is 7.66. The first-order chi connectivity index (χ1) is 13.3. The number of allylic oxidation sites excluding steroid dienone is 1. The maximum Gasteiger partial charge on any atom is 0.176 e. The summed E-state index contributed by atoms with van der Waals surface area (Å²) in [6.45, 7) is 3.71. The van der Waals surface area contributed by atoms with Crippen molar-refractivity contribution in [2.75, 3.05) is 14.2 Å². The van der Waals surface area contributed by atoms with Crippen LogP contribution in [0.5, 0.6) is 11.5 Å². The van der Waals surface area contributed by atoms with Gasteiger partial charge in [0.05, 0.1) is 19.8 Å². The van der Waals surface area contributed by atoms with Crippen LogP contribution in [0.4, 0.5) is 17.6 Å². The Bertz CT molecular complexity index is 903. The van der Waals surface area contributed by atoms with E-state index in [1.807, 2.05) is 0 Å². The van der Waals surface area contributed by atoms with Crippen molar-refractivity contribution in [2.45, 2.75) is 25.7 Å². The zero-order chi connectivity index (χ0) is 20.6. The molecule has 0 heterocycles. The summed E-state index contributed by atoms with van der Waals surface area (Å²) in [7, 11) is 2.56. The van der Waals surface area contributed by atoms with E-state index < -0.39 is 23.3 Å². The number of hydrogen-bond acceptors (Lipinski definition) is 3. The van der Waals surface area contributed by atoms with Crippen LogP contribution in [-0.4, -0.2) is 20.0 Å². The molecule has 2 aromatic rings. The Morgan fingerprint density at radius 1 is 0.786 bits per heavy atom. The first-order valence-corrected chi connectivity index (χ1v) is 8.61. The van der Waals surface area contributed by atoms with Crippen molar-refractivity contribution in [1.29, 1.82) is 0 Å². The van der Waals surface area contributed by atoms with Crippen LogP contribution in [0.3, 0.4) is 0 Å². The number of halogens is 4. The Morgan fingerprint density at radius 2 is 1.25 bits per heavy atom. The average Bonchev–Trinajstić information content (AvgIpc) is 3.26. The number of hydrogen-bond donors (Lipinski definition) is 0. The summed E-state index contributed by atoms with van der Waals surface area (Å²) in [4.78, 5) is 11.2. The molecule has 2 aliphatic rings. The number of fused-ring (bicyclic) bond motifs is 2. The molecular weight excluding hydrogens is 376 g/mol. The van der Waals surface area contributed by atoms with Gasteiger partial charge in [0.1, 0.15) is 11.6 Å². The van der Waals surface area contributed by atoms with Crippen LogP contribution < -0.4 is 9.47 Å². The molecule has 28 heavy (non-hydrogen) atoms. The van der Waals surface area contributed by atoms with Gasteiger partial charge in [-0.1, -0.05) is 6.58 Å². The molecule has 0 N–H and O–H groups in total. The first-order valence-electron chi connectivity index (χ1n) is 8.61. The molecule has 0 saturated carbocycles. The normalized spacial score (nSPS) is 14.4.